The number of hydrogen-bond donors (Lipinski definition) is 1. The minimum Gasteiger partial charge on any atom is -0.449 e. The second-order valence-electron chi connectivity index (χ2n) is 4.73. The van der Waals surface area contributed by atoms with Gasteiger partial charge < -0.3 is 10.1 Å². The molecular weight excluding hydrogens is 380 g/mol. The van der Waals surface area contributed by atoms with Gasteiger partial charge in [0.25, 0.3) is 5.91 Å². The minimum absolute atomic E-state index is 0.106. The second kappa shape index (κ2) is 7.83. The lowest BCUT2D eigenvalue weighted by Crippen LogP contribution is -2.30. The van der Waals surface area contributed by atoms with E-state index in [0.29, 0.717) is 0 Å². The molecule has 1 unspecified atom stereocenters. The fourth-order valence-electron chi connectivity index (χ4n) is 1.80. The van der Waals surface area contributed by atoms with Crippen LogP contribution in [0.5, 0.6) is 0 Å². The van der Waals surface area contributed by atoms with E-state index in [1.165, 1.54) is 25.1 Å². The minimum atomic E-state index is -1.21. The van der Waals surface area contributed by atoms with Crippen LogP contribution in [0.15, 0.2) is 36.4 Å². The van der Waals surface area contributed by atoms with E-state index in [-0.39, 0.29) is 20.8 Å². The van der Waals surface area contributed by atoms with Crippen molar-refractivity contribution in [2.24, 2.45) is 0 Å². The molecule has 0 saturated carbocycles. The standard InChI is InChI=1S/C16H11Cl3FNO3/c1-8(15(22)21-12-7-3-5-10(18)14(12)19)24-16(23)13-9(17)4-2-6-11(13)20/h2-8H,1H3,(H,21,22). The SMILES string of the molecule is CC(OC(=O)c1c(F)cccc1Cl)C(=O)Nc1cccc(Cl)c1Cl. The van der Waals surface area contributed by atoms with Gasteiger partial charge in [0.05, 0.1) is 20.8 Å². The molecule has 126 valence electrons. The summed E-state index contributed by atoms with van der Waals surface area (Å²) < 4.78 is 18.6. The van der Waals surface area contributed by atoms with Gasteiger partial charge in [0.2, 0.25) is 0 Å². The van der Waals surface area contributed by atoms with Gasteiger partial charge in [-0.1, -0.05) is 46.9 Å². The lowest BCUT2D eigenvalue weighted by molar-refractivity contribution is -0.123. The third-order valence-electron chi connectivity index (χ3n) is 3.03. The Morgan fingerprint density at radius 1 is 1.08 bits per heavy atom. The topological polar surface area (TPSA) is 55.4 Å². The summed E-state index contributed by atoms with van der Waals surface area (Å²) in [6.07, 6.45) is -1.21. The van der Waals surface area contributed by atoms with Crippen molar-refractivity contribution in [3.8, 4) is 0 Å². The highest BCUT2D eigenvalue weighted by Crippen LogP contribution is 2.29. The Bertz CT molecular complexity index is 778. The first-order valence-electron chi connectivity index (χ1n) is 6.71. The van der Waals surface area contributed by atoms with E-state index in [0.717, 1.165) is 6.07 Å². The highest BCUT2D eigenvalue weighted by molar-refractivity contribution is 6.44. The molecule has 2 aromatic carbocycles. The van der Waals surface area contributed by atoms with Crippen molar-refractivity contribution in [1.82, 2.24) is 0 Å². The molecule has 0 aliphatic rings. The second-order valence-corrected chi connectivity index (χ2v) is 5.93. The Labute approximate surface area is 152 Å². The highest BCUT2D eigenvalue weighted by Gasteiger charge is 2.23. The summed E-state index contributed by atoms with van der Waals surface area (Å²) in [5.74, 6) is -2.53. The van der Waals surface area contributed by atoms with Gasteiger partial charge in [-0.3, -0.25) is 4.79 Å². The molecule has 0 aliphatic heterocycles. The molecule has 0 fully saturated rings. The van der Waals surface area contributed by atoms with Crippen LogP contribution in [0.25, 0.3) is 0 Å². The number of carbonyl (C=O) groups is 2. The van der Waals surface area contributed by atoms with Gasteiger partial charge in [0.1, 0.15) is 11.4 Å². The summed E-state index contributed by atoms with van der Waals surface area (Å²) in [7, 11) is 0. The number of benzene rings is 2. The first kappa shape index (κ1) is 18.5. The number of ether oxygens (including phenoxy) is 1. The van der Waals surface area contributed by atoms with Crippen LogP contribution in [0.2, 0.25) is 15.1 Å². The first-order chi connectivity index (χ1) is 11.3. The fraction of sp³-hybridized carbons (Fsp3) is 0.125. The van der Waals surface area contributed by atoms with Crippen LogP contribution in [-0.2, 0) is 9.53 Å². The molecule has 0 bridgehead atoms. The van der Waals surface area contributed by atoms with E-state index in [1.807, 2.05) is 0 Å². The largest absolute Gasteiger partial charge is 0.449 e. The Morgan fingerprint density at radius 3 is 2.38 bits per heavy atom. The normalized spacial score (nSPS) is 11.7. The maximum atomic E-state index is 13.7. The van der Waals surface area contributed by atoms with Crippen LogP contribution in [0.1, 0.15) is 17.3 Å². The quantitative estimate of drug-likeness (QED) is 0.750. The number of halogens is 4. The maximum Gasteiger partial charge on any atom is 0.343 e. The smallest absolute Gasteiger partial charge is 0.343 e. The van der Waals surface area contributed by atoms with Crippen molar-refractivity contribution in [3.63, 3.8) is 0 Å². The van der Waals surface area contributed by atoms with Crippen molar-refractivity contribution < 1.29 is 18.7 Å². The third kappa shape index (κ3) is 4.17. The van der Waals surface area contributed by atoms with Gasteiger partial charge in [-0.25, -0.2) is 9.18 Å². The van der Waals surface area contributed by atoms with Gasteiger partial charge in [-0.2, -0.15) is 0 Å². The Hall–Kier alpha value is -1.82. The van der Waals surface area contributed by atoms with Crippen molar-refractivity contribution in [3.05, 3.63) is 62.8 Å². The molecule has 0 radical (unpaired) electrons. The van der Waals surface area contributed by atoms with Gasteiger partial charge in [-0.05, 0) is 31.2 Å². The molecule has 0 heterocycles. The van der Waals surface area contributed by atoms with Gasteiger partial charge in [0.15, 0.2) is 6.10 Å². The molecule has 1 N–H and O–H groups in total. The number of anilines is 1. The van der Waals surface area contributed by atoms with Crippen molar-refractivity contribution >= 4 is 52.4 Å². The van der Waals surface area contributed by atoms with Crippen LogP contribution >= 0.6 is 34.8 Å². The van der Waals surface area contributed by atoms with E-state index < -0.39 is 29.4 Å². The van der Waals surface area contributed by atoms with Gasteiger partial charge >= 0.3 is 5.97 Å². The zero-order chi connectivity index (χ0) is 17.9. The first-order valence-corrected chi connectivity index (χ1v) is 7.84. The Morgan fingerprint density at radius 2 is 1.71 bits per heavy atom. The molecule has 0 aliphatic carbocycles. The van der Waals surface area contributed by atoms with Crippen molar-refractivity contribution in [2.75, 3.05) is 5.32 Å². The zero-order valence-corrected chi connectivity index (χ0v) is 14.5. The van der Waals surface area contributed by atoms with Crippen molar-refractivity contribution in [1.29, 1.82) is 0 Å². The predicted octanol–water partition coefficient (Wildman–Crippen LogP) is 4.97. The number of nitrogens with one attached hydrogen (secondary N) is 1. The van der Waals surface area contributed by atoms with Crippen LogP contribution in [0.3, 0.4) is 0 Å². The summed E-state index contributed by atoms with van der Waals surface area (Å²) in [5.41, 5.74) is -0.166. The van der Waals surface area contributed by atoms with E-state index in [9.17, 15) is 14.0 Å². The molecule has 1 atom stereocenters. The molecule has 24 heavy (non-hydrogen) atoms. The van der Waals surface area contributed by atoms with Gasteiger partial charge in [-0.15, -0.1) is 0 Å². The molecule has 0 aromatic heterocycles. The maximum absolute atomic E-state index is 13.7. The summed E-state index contributed by atoms with van der Waals surface area (Å²) in [5, 5.41) is 2.79. The number of esters is 1. The number of amides is 1. The zero-order valence-electron chi connectivity index (χ0n) is 12.3. The van der Waals surface area contributed by atoms with Gasteiger partial charge in [0, 0.05) is 0 Å². The molecule has 8 heteroatoms. The summed E-state index contributed by atoms with van der Waals surface area (Å²) in [6, 6.07) is 8.46. The molecule has 0 spiro atoms. The lowest BCUT2D eigenvalue weighted by atomic mass is 10.2. The number of rotatable bonds is 4. The van der Waals surface area contributed by atoms with E-state index >= 15 is 0 Å². The molecule has 0 saturated heterocycles. The fourth-order valence-corrected chi connectivity index (χ4v) is 2.39. The molecule has 4 nitrogen and oxygen atoms in total. The Kier molecular flexibility index (Phi) is 6.04. The van der Waals surface area contributed by atoms with E-state index in [4.69, 9.17) is 39.5 Å². The average molecular weight is 391 g/mol. The predicted molar refractivity (Wildman–Crippen MR) is 91.4 cm³/mol. The molecular formula is C16H11Cl3FNO3. The van der Waals surface area contributed by atoms with Crippen LogP contribution in [0, 0.1) is 5.82 Å². The van der Waals surface area contributed by atoms with E-state index in [1.54, 1.807) is 12.1 Å². The molecule has 1 amide bonds. The monoisotopic (exact) mass is 389 g/mol. The van der Waals surface area contributed by atoms with Crippen molar-refractivity contribution in [2.45, 2.75) is 13.0 Å². The molecule has 2 rings (SSSR count). The number of hydrogen-bond acceptors (Lipinski definition) is 3. The number of carbonyl (C=O) groups excluding carboxylic acids is 2. The van der Waals surface area contributed by atoms with Crippen LogP contribution in [-0.4, -0.2) is 18.0 Å². The molecule has 2 aromatic rings. The summed E-state index contributed by atoms with van der Waals surface area (Å²) in [4.78, 5) is 24.1. The lowest BCUT2D eigenvalue weighted by Gasteiger charge is -2.15. The highest BCUT2D eigenvalue weighted by atomic mass is 35.5. The summed E-state index contributed by atoms with van der Waals surface area (Å²) in [6.45, 7) is 1.33. The van der Waals surface area contributed by atoms with E-state index in [2.05, 4.69) is 5.32 Å². The average Bonchev–Trinajstić information content (AvgIpc) is 2.51. The summed E-state index contributed by atoms with van der Waals surface area (Å²) >= 11 is 17.6. The third-order valence-corrected chi connectivity index (χ3v) is 4.16. The van der Waals surface area contributed by atoms with Crippen LogP contribution in [0.4, 0.5) is 10.1 Å². The Balaban J connectivity index is 2.09. The van der Waals surface area contributed by atoms with Crippen LogP contribution < -0.4 is 5.32 Å².